The van der Waals surface area contributed by atoms with Gasteiger partial charge in [0.2, 0.25) is 11.8 Å². The Morgan fingerprint density at radius 2 is 2.08 bits per heavy atom. The SMILES string of the molecule is Cc1cc(NC(=O)CSCC(=O)N(C)Cc2ccccc2F)no1. The van der Waals surface area contributed by atoms with Crippen LogP contribution in [-0.2, 0) is 16.1 Å². The Bertz CT molecular complexity index is 720. The summed E-state index contributed by atoms with van der Waals surface area (Å²) < 4.78 is 18.4. The first-order valence-corrected chi connectivity index (χ1v) is 8.39. The van der Waals surface area contributed by atoms with Crippen LogP contribution < -0.4 is 5.32 Å². The van der Waals surface area contributed by atoms with Crippen molar-refractivity contribution in [2.24, 2.45) is 0 Å². The summed E-state index contributed by atoms with van der Waals surface area (Å²) in [7, 11) is 1.60. The molecule has 0 aliphatic heterocycles. The molecular formula is C16H18FN3O3S. The monoisotopic (exact) mass is 351 g/mol. The van der Waals surface area contributed by atoms with E-state index in [1.807, 2.05) is 0 Å². The van der Waals surface area contributed by atoms with E-state index in [0.29, 0.717) is 17.1 Å². The third kappa shape index (κ3) is 5.38. The van der Waals surface area contributed by atoms with E-state index in [1.54, 1.807) is 38.2 Å². The van der Waals surface area contributed by atoms with Crippen molar-refractivity contribution in [1.29, 1.82) is 0 Å². The highest BCUT2D eigenvalue weighted by atomic mass is 32.2. The number of thioether (sulfide) groups is 1. The second kappa shape index (κ2) is 8.49. The predicted octanol–water partition coefficient (Wildman–Crippen LogP) is 2.45. The van der Waals surface area contributed by atoms with E-state index in [-0.39, 0.29) is 35.7 Å². The minimum atomic E-state index is -0.341. The Morgan fingerprint density at radius 1 is 1.33 bits per heavy atom. The molecule has 0 atom stereocenters. The topological polar surface area (TPSA) is 75.4 Å². The van der Waals surface area contributed by atoms with Crippen molar-refractivity contribution in [1.82, 2.24) is 10.1 Å². The molecule has 24 heavy (non-hydrogen) atoms. The van der Waals surface area contributed by atoms with Crippen LogP contribution in [0.2, 0.25) is 0 Å². The van der Waals surface area contributed by atoms with Gasteiger partial charge in [-0.1, -0.05) is 23.4 Å². The maximum Gasteiger partial charge on any atom is 0.235 e. The molecule has 0 saturated heterocycles. The molecule has 0 radical (unpaired) electrons. The molecule has 0 unspecified atom stereocenters. The number of hydrogen-bond donors (Lipinski definition) is 1. The highest BCUT2D eigenvalue weighted by Gasteiger charge is 2.13. The summed E-state index contributed by atoms with van der Waals surface area (Å²) in [6.07, 6.45) is 0. The Kier molecular flexibility index (Phi) is 6.36. The summed E-state index contributed by atoms with van der Waals surface area (Å²) >= 11 is 1.18. The summed E-state index contributed by atoms with van der Waals surface area (Å²) in [5.74, 6) is 0.420. The molecule has 0 fully saturated rings. The number of hydrogen-bond acceptors (Lipinski definition) is 5. The van der Waals surface area contributed by atoms with Crippen molar-refractivity contribution < 1.29 is 18.5 Å². The normalized spacial score (nSPS) is 10.5. The molecule has 0 aliphatic carbocycles. The highest BCUT2D eigenvalue weighted by molar-refractivity contribution is 8.00. The smallest absolute Gasteiger partial charge is 0.235 e. The van der Waals surface area contributed by atoms with Gasteiger partial charge in [-0.05, 0) is 13.0 Å². The molecule has 2 aromatic rings. The van der Waals surface area contributed by atoms with Gasteiger partial charge in [0.05, 0.1) is 11.5 Å². The minimum Gasteiger partial charge on any atom is -0.360 e. The predicted molar refractivity (Wildman–Crippen MR) is 90.1 cm³/mol. The van der Waals surface area contributed by atoms with E-state index in [9.17, 15) is 14.0 Å². The average molecular weight is 351 g/mol. The van der Waals surface area contributed by atoms with Crippen LogP contribution in [0.15, 0.2) is 34.9 Å². The number of amides is 2. The Balaban J connectivity index is 1.72. The number of halogens is 1. The van der Waals surface area contributed by atoms with E-state index in [4.69, 9.17) is 4.52 Å². The molecule has 2 amide bonds. The summed E-state index contributed by atoms with van der Waals surface area (Å²) in [5.41, 5.74) is 0.456. The van der Waals surface area contributed by atoms with Gasteiger partial charge >= 0.3 is 0 Å². The van der Waals surface area contributed by atoms with Crippen molar-refractivity contribution in [2.45, 2.75) is 13.5 Å². The fourth-order valence-electron chi connectivity index (χ4n) is 1.92. The minimum absolute atomic E-state index is 0.116. The third-order valence-corrected chi connectivity index (χ3v) is 4.06. The lowest BCUT2D eigenvalue weighted by atomic mass is 10.2. The zero-order valence-corrected chi connectivity index (χ0v) is 14.2. The van der Waals surface area contributed by atoms with Gasteiger partial charge in [-0.2, -0.15) is 0 Å². The Labute approximate surface area is 143 Å². The number of nitrogens with one attached hydrogen (secondary N) is 1. The van der Waals surface area contributed by atoms with Gasteiger partial charge in [-0.3, -0.25) is 9.59 Å². The number of carbonyl (C=O) groups is 2. The Morgan fingerprint density at radius 3 is 2.75 bits per heavy atom. The fraction of sp³-hybridized carbons (Fsp3) is 0.312. The summed E-state index contributed by atoms with van der Waals surface area (Å²) in [5, 5.41) is 6.23. The van der Waals surface area contributed by atoms with E-state index < -0.39 is 0 Å². The van der Waals surface area contributed by atoms with Crippen LogP contribution in [0.1, 0.15) is 11.3 Å². The van der Waals surface area contributed by atoms with Crippen molar-refractivity contribution in [3.63, 3.8) is 0 Å². The maximum atomic E-state index is 13.6. The second-order valence-electron chi connectivity index (χ2n) is 5.20. The molecule has 6 nitrogen and oxygen atoms in total. The number of anilines is 1. The molecule has 1 aromatic heterocycles. The van der Waals surface area contributed by atoms with Crippen LogP contribution in [0.25, 0.3) is 0 Å². The van der Waals surface area contributed by atoms with Crippen LogP contribution in [-0.4, -0.2) is 40.4 Å². The molecule has 0 bridgehead atoms. The molecule has 2 rings (SSSR count). The number of aryl methyl sites for hydroxylation is 1. The summed E-state index contributed by atoms with van der Waals surface area (Å²) in [6, 6.07) is 7.93. The van der Waals surface area contributed by atoms with Crippen LogP contribution in [0, 0.1) is 12.7 Å². The Hall–Kier alpha value is -2.35. The van der Waals surface area contributed by atoms with E-state index in [2.05, 4.69) is 10.5 Å². The van der Waals surface area contributed by atoms with Crippen molar-refractivity contribution in [3.05, 3.63) is 47.5 Å². The van der Waals surface area contributed by atoms with Crippen LogP contribution >= 0.6 is 11.8 Å². The van der Waals surface area contributed by atoms with Crippen molar-refractivity contribution in [3.8, 4) is 0 Å². The molecule has 1 aromatic carbocycles. The summed E-state index contributed by atoms with van der Waals surface area (Å²) in [4.78, 5) is 25.2. The first kappa shape index (κ1) is 18.0. The van der Waals surface area contributed by atoms with Gasteiger partial charge in [0, 0.05) is 25.2 Å². The van der Waals surface area contributed by atoms with Gasteiger partial charge < -0.3 is 14.7 Å². The van der Waals surface area contributed by atoms with Gasteiger partial charge in [-0.15, -0.1) is 11.8 Å². The van der Waals surface area contributed by atoms with Gasteiger partial charge in [-0.25, -0.2) is 4.39 Å². The number of carbonyl (C=O) groups excluding carboxylic acids is 2. The quantitative estimate of drug-likeness (QED) is 0.829. The van der Waals surface area contributed by atoms with Crippen molar-refractivity contribution >= 4 is 29.4 Å². The standard InChI is InChI=1S/C16H18FN3O3S/c1-11-7-14(19-23-11)18-15(21)9-24-10-16(22)20(2)8-12-5-3-4-6-13(12)17/h3-7H,8-10H2,1-2H3,(H,18,19,21). The van der Waals surface area contributed by atoms with Gasteiger partial charge in [0.1, 0.15) is 11.6 Å². The molecule has 1 heterocycles. The zero-order valence-electron chi connectivity index (χ0n) is 13.4. The third-order valence-electron chi connectivity index (χ3n) is 3.15. The first-order valence-electron chi connectivity index (χ1n) is 7.24. The lowest BCUT2D eigenvalue weighted by Crippen LogP contribution is -2.28. The average Bonchev–Trinajstić information content (AvgIpc) is 2.94. The first-order chi connectivity index (χ1) is 11.5. The second-order valence-corrected chi connectivity index (χ2v) is 6.19. The number of nitrogens with zero attached hydrogens (tertiary/aromatic N) is 2. The number of rotatable bonds is 7. The highest BCUT2D eigenvalue weighted by Crippen LogP contribution is 2.11. The van der Waals surface area contributed by atoms with E-state index >= 15 is 0 Å². The summed E-state index contributed by atoms with van der Waals surface area (Å²) in [6.45, 7) is 1.91. The lowest BCUT2D eigenvalue weighted by molar-refractivity contribution is -0.127. The number of benzene rings is 1. The van der Waals surface area contributed by atoms with Crippen LogP contribution in [0.4, 0.5) is 10.2 Å². The van der Waals surface area contributed by atoms with Gasteiger partial charge in [0.15, 0.2) is 5.82 Å². The van der Waals surface area contributed by atoms with Gasteiger partial charge in [0.25, 0.3) is 0 Å². The van der Waals surface area contributed by atoms with E-state index in [1.165, 1.54) is 22.7 Å². The van der Waals surface area contributed by atoms with Crippen LogP contribution in [0.5, 0.6) is 0 Å². The molecular weight excluding hydrogens is 333 g/mol. The fourth-order valence-corrected chi connectivity index (χ4v) is 2.67. The molecule has 1 N–H and O–H groups in total. The number of aromatic nitrogens is 1. The van der Waals surface area contributed by atoms with Crippen molar-refractivity contribution in [2.75, 3.05) is 23.9 Å². The lowest BCUT2D eigenvalue weighted by Gasteiger charge is -2.17. The molecule has 8 heteroatoms. The molecule has 0 aliphatic rings. The van der Waals surface area contributed by atoms with E-state index in [0.717, 1.165) is 0 Å². The molecule has 128 valence electrons. The van der Waals surface area contributed by atoms with Crippen LogP contribution in [0.3, 0.4) is 0 Å². The largest absolute Gasteiger partial charge is 0.360 e. The molecule has 0 saturated carbocycles. The molecule has 0 spiro atoms. The maximum absolute atomic E-state index is 13.6. The zero-order chi connectivity index (χ0) is 17.5.